The lowest BCUT2D eigenvalue weighted by Gasteiger charge is -2.53. The Morgan fingerprint density at radius 3 is 2.61 bits per heavy atom. The fraction of sp³-hybridized carbons (Fsp3) is 0.280. The maximum atomic E-state index is 14.2. The number of hydrogen-bond acceptors (Lipinski definition) is 6. The third-order valence-electron chi connectivity index (χ3n) is 7.08. The molecule has 8 heteroatoms. The van der Waals surface area contributed by atoms with Gasteiger partial charge in [0.05, 0.1) is 17.4 Å². The summed E-state index contributed by atoms with van der Waals surface area (Å²) in [6.07, 6.45) is 4.09. The molecule has 2 atom stereocenters. The molecule has 0 aliphatic carbocycles. The fourth-order valence-electron chi connectivity index (χ4n) is 5.46. The molecule has 3 aliphatic rings. The number of hydrogen-bond donors (Lipinski definition) is 0. The molecule has 6 rings (SSSR count). The average Bonchev–Trinajstić information content (AvgIpc) is 3.11. The standard InChI is InChI=1S/C25H23ClN6O/c1-17-25(23(33)32(29-17)20-6-3-2-4-7-20)15-18-8-9-19(26)14-21(18)31-13-12-30(16-22(25)31)24-27-10-5-11-28-24/h2-11,14,22H,12-13,15-16H2,1H3. The van der Waals surface area contributed by atoms with Crippen LogP contribution in [0.3, 0.4) is 0 Å². The number of carbonyl (C=O) groups excluding carboxylic acids is 1. The molecule has 0 saturated carbocycles. The van der Waals surface area contributed by atoms with Gasteiger partial charge in [0.15, 0.2) is 0 Å². The molecule has 1 amide bonds. The molecule has 1 aromatic heterocycles. The third kappa shape index (κ3) is 3.03. The minimum absolute atomic E-state index is 0.0117. The van der Waals surface area contributed by atoms with Crippen molar-refractivity contribution >= 4 is 40.5 Å². The van der Waals surface area contributed by atoms with Crippen LogP contribution in [0.2, 0.25) is 5.02 Å². The van der Waals surface area contributed by atoms with Crippen LogP contribution in [0.15, 0.2) is 72.1 Å². The van der Waals surface area contributed by atoms with Crippen LogP contribution in [0, 0.1) is 5.41 Å². The van der Waals surface area contributed by atoms with E-state index in [-0.39, 0.29) is 11.9 Å². The molecular formula is C25H23ClN6O. The Morgan fingerprint density at radius 1 is 1.03 bits per heavy atom. The van der Waals surface area contributed by atoms with Crippen LogP contribution in [-0.4, -0.2) is 47.3 Å². The number of carbonyl (C=O) groups is 1. The Labute approximate surface area is 197 Å². The van der Waals surface area contributed by atoms with Gasteiger partial charge in [-0.15, -0.1) is 0 Å². The van der Waals surface area contributed by atoms with Gasteiger partial charge in [0, 0.05) is 42.7 Å². The SMILES string of the molecule is CC1=NN(c2ccccc2)C(=O)C12Cc1ccc(Cl)cc1N1CCN(c3ncccn3)CC12. The first-order valence-electron chi connectivity index (χ1n) is 11.1. The van der Waals surface area contributed by atoms with Crippen molar-refractivity contribution < 1.29 is 4.79 Å². The molecule has 1 saturated heterocycles. The summed E-state index contributed by atoms with van der Waals surface area (Å²) in [4.78, 5) is 27.6. The zero-order valence-corrected chi connectivity index (χ0v) is 19.0. The Hall–Kier alpha value is -3.45. The second kappa shape index (κ2) is 7.56. The highest BCUT2D eigenvalue weighted by Gasteiger charge is 2.60. The summed E-state index contributed by atoms with van der Waals surface area (Å²) in [5.41, 5.74) is 3.07. The van der Waals surface area contributed by atoms with Crippen LogP contribution in [0.25, 0.3) is 0 Å². The molecule has 166 valence electrons. The van der Waals surface area contributed by atoms with E-state index in [0.29, 0.717) is 23.9 Å². The van der Waals surface area contributed by atoms with Crippen LogP contribution in [0.5, 0.6) is 0 Å². The molecule has 0 radical (unpaired) electrons. The van der Waals surface area contributed by atoms with E-state index in [2.05, 4.69) is 19.8 Å². The number of benzene rings is 2. The number of piperazine rings is 1. The van der Waals surface area contributed by atoms with Gasteiger partial charge in [0.1, 0.15) is 5.41 Å². The van der Waals surface area contributed by atoms with Crippen molar-refractivity contribution in [2.45, 2.75) is 19.4 Å². The highest BCUT2D eigenvalue weighted by Crippen LogP contribution is 2.48. The Bertz CT molecular complexity index is 1250. The molecule has 7 nitrogen and oxygen atoms in total. The summed E-state index contributed by atoms with van der Waals surface area (Å²) in [6.45, 7) is 4.11. The molecule has 1 spiro atoms. The number of nitrogens with zero attached hydrogens (tertiary/aromatic N) is 6. The molecule has 4 heterocycles. The second-order valence-electron chi connectivity index (χ2n) is 8.76. The van der Waals surface area contributed by atoms with Crippen molar-refractivity contribution in [3.8, 4) is 0 Å². The normalized spacial score (nSPS) is 24.1. The van der Waals surface area contributed by atoms with Crippen molar-refractivity contribution in [1.29, 1.82) is 0 Å². The first kappa shape index (κ1) is 20.2. The Morgan fingerprint density at radius 2 is 1.82 bits per heavy atom. The van der Waals surface area contributed by atoms with Crippen LogP contribution >= 0.6 is 11.6 Å². The summed E-state index contributed by atoms with van der Waals surface area (Å²) in [6, 6.07) is 17.3. The van der Waals surface area contributed by atoms with Crippen molar-refractivity contribution in [2.24, 2.45) is 10.5 Å². The summed E-state index contributed by atoms with van der Waals surface area (Å²) in [5, 5.41) is 7.07. The number of rotatable bonds is 2. The summed E-state index contributed by atoms with van der Waals surface area (Å²) in [7, 11) is 0. The van der Waals surface area contributed by atoms with E-state index < -0.39 is 5.41 Å². The van der Waals surface area contributed by atoms with Gasteiger partial charge >= 0.3 is 0 Å². The first-order chi connectivity index (χ1) is 16.1. The maximum absolute atomic E-state index is 14.2. The quantitative estimate of drug-likeness (QED) is 0.584. The number of amides is 1. The van der Waals surface area contributed by atoms with Gasteiger partial charge in [-0.2, -0.15) is 10.1 Å². The number of hydrazone groups is 1. The van der Waals surface area contributed by atoms with Gasteiger partial charge in [0.2, 0.25) is 5.95 Å². The van der Waals surface area contributed by atoms with E-state index in [0.717, 1.165) is 35.7 Å². The maximum Gasteiger partial charge on any atom is 0.261 e. The zero-order chi connectivity index (χ0) is 22.6. The van der Waals surface area contributed by atoms with Gasteiger partial charge in [-0.3, -0.25) is 4.79 Å². The van der Waals surface area contributed by atoms with Crippen LogP contribution in [0.4, 0.5) is 17.3 Å². The third-order valence-corrected chi connectivity index (χ3v) is 7.32. The van der Waals surface area contributed by atoms with E-state index >= 15 is 0 Å². The minimum Gasteiger partial charge on any atom is -0.363 e. The Balaban J connectivity index is 1.47. The predicted molar refractivity (Wildman–Crippen MR) is 130 cm³/mol. The lowest BCUT2D eigenvalue weighted by molar-refractivity contribution is -0.125. The monoisotopic (exact) mass is 458 g/mol. The summed E-state index contributed by atoms with van der Waals surface area (Å²) in [5.74, 6) is 0.696. The van der Waals surface area contributed by atoms with Crippen molar-refractivity contribution in [3.05, 3.63) is 77.6 Å². The smallest absolute Gasteiger partial charge is 0.261 e. The molecule has 2 unspecified atom stereocenters. The van der Waals surface area contributed by atoms with Gasteiger partial charge in [0.25, 0.3) is 5.91 Å². The van der Waals surface area contributed by atoms with Gasteiger partial charge in [-0.05, 0) is 49.2 Å². The Kier molecular flexibility index (Phi) is 4.62. The number of anilines is 3. The molecule has 2 aromatic carbocycles. The molecule has 0 N–H and O–H groups in total. The van der Waals surface area contributed by atoms with E-state index in [1.807, 2.05) is 61.5 Å². The molecular weight excluding hydrogens is 436 g/mol. The average molecular weight is 459 g/mol. The van der Waals surface area contributed by atoms with E-state index in [1.54, 1.807) is 17.4 Å². The highest BCUT2D eigenvalue weighted by molar-refractivity contribution is 6.31. The molecule has 3 aromatic rings. The first-order valence-corrected chi connectivity index (χ1v) is 11.5. The lowest BCUT2D eigenvalue weighted by atomic mass is 9.67. The minimum atomic E-state index is -0.774. The highest BCUT2D eigenvalue weighted by atomic mass is 35.5. The topological polar surface area (TPSA) is 64.9 Å². The van der Waals surface area contributed by atoms with Gasteiger partial charge < -0.3 is 9.80 Å². The molecule has 0 bridgehead atoms. The van der Waals surface area contributed by atoms with Gasteiger partial charge in [-0.1, -0.05) is 35.9 Å². The summed E-state index contributed by atoms with van der Waals surface area (Å²) >= 11 is 6.39. The predicted octanol–water partition coefficient (Wildman–Crippen LogP) is 3.79. The lowest BCUT2D eigenvalue weighted by Crippen LogP contribution is -2.67. The molecule has 3 aliphatic heterocycles. The second-order valence-corrected chi connectivity index (χ2v) is 9.20. The number of halogens is 1. The molecule has 1 fully saturated rings. The fourth-order valence-corrected chi connectivity index (χ4v) is 5.63. The zero-order valence-electron chi connectivity index (χ0n) is 18.2. The van der Waals surface area contributed by atoms with Crippen LogP contribution in [-0.2, 0) is 11.2 Å². The van der Waals surface area contributed by atoms with Crippen LogP contribution < -0.4 is 14.8 Å². The number of aromatic nitrogens is 2. The van der Waals surface area contributed by atoms with Gasteiger partial charge in [-0.25, -0.2) is 9.97 Å². The van der Waals surface area contributed by atoms with Crippen molar-refractivity contribution in [2.75, 3.05) is 34.4 Å². The van der Waals surface area contributed by atoms with E-state index in [1.165, 1.54) is 0 Å². The van der Waals surface area contributed by atoms with Crippen molar-refractivity contribution in [1.82, 2.24) is 9.97 Å². The van der Waals surface area contributed by atoms with E-state index in [9.17, 15) is 4.79 Å². The van der Waals surface area contributed by atoms with E-state index in [4.69, 9.17) is 16.7 Å². The van der Waals surface area contributed by atoms with Crippen molar-refractivity contribution in [3.63, 3.8) is 0 Å². The largest absolute Gasteiger partial charge is 0.363 e. The van der Waals surface area contributed by atoms with Crippen LogP contribution in [0.1, 0.15) is 12.5 Å². The number of para-hydroxylation sites is 1. The summed E-state index contributed by atoms with van der Waals surface area (Å²) < 4.78 is 0. The number of fused-ring (bicyclic) bond motifs is 4. The molecule has 33 heavy (non-hydrogen) atoms.